The SMILES string of the molecule is Nc1cc(C(F)(F)F)cc(C(F)(F)F)c1-c1c(N)ccc2ccccc12. The fourth-order valence-corrected chi connectivity index (χ4v) is 2.90. The van der Waals surface area contributed by atoms with Crippen molar-refractivity contribution in [2.75, 3.05) is 11.5 Å². The van der Waals surface area contributed by atoms with Crippen molar-refractivity contribution in [1.82, 2.24) is 0 Å². The van der Waals surface area contributed by atoms with Crippen LogP contribution in [0.4, 0.5) is 37.7 Å². The van der Waals surface area contributed by atoms with Gasteiger partial charge in [0.2, 0.25) is 0 Å². The standard InChI is InChI=1S/C18H12F6N2/c19-17(20,21)10-7-12(18(22,23)24)16(14(26)8-10)15-11-4-2-1-3-9(11)5-6-13(15)25/h1-8H,25-26H2. The minimum absolute atomic E-state index is 0.0133. The van der Waals surface area contributed by atoms with Crippen LogP contribution in [0.25, 0.3) is 21.9 Å². The number of nitrogens with two attached hydrogens (primary N) is 2. The van der Waals surface area contributed by atoms with E-state index in [9.17, 15) is 26.3 Å². The monoisotopic (exact) mass is 370 g/mol. The number of nitrogen functional groups attached to an aromatic ring is 2. The molecule has 0 saturated carbocycles. The van der Waals surface area contributed by atoms with Crippen LogP contribution in [0.2, 0.25) is 0 Å². The third-order valence-electron chi connectivity index (χ3n) is 4.01. The van der Waals surface area contributed by atoms with Gasteiger partial charge in [-0.2, -0.15) is 26.3 Å². The number of anilines is 2. The molecule has 0 aliphatic heterocycles. The van der Waals surface area contributed by atoms with Gasteiger partial charge in [0.25, 0.3) is 0 Å². The highest BCUT2D eigenvalue weighted by Crippen LogP contribution is 2.47. The first-order valence-electron chi connectivity index (χ1n) is 7.35. The van der Waals surface area contributed by atoms with Crippen LogP contribution in [0.15, 0.2) is 48.5 Å². The molecule has 3 aromatic carbocycles. The van der Waals surface area contributed by atoms with E-state index in [1.165, 1.54) is 12.1 Å². The Balaban J connectivity index is 2.45. The number of hydrogen-bond donors (Lipinski definition) is 2. The van der Waals surface area contributed by atoms with Crippen molar-refractivity contribution in [3.8, 4) is 11.1 Å². The van der Waals surface area contributed by atoms with Crippen LogP contribution in [0, 0.1) is 0 Å². The summed E-state index contributed by atoms with van der Waals surface area (Å²) in [7, 11) is 0. The van der Waals surface area contributed by atoms with E-state index in [-0.39, 0.29) is 17.3 Å². The predicted molar refractivity (Wildman–Crippen MR) is 88.2 cm³/mol. The number of alkyl halides is 6. The van der Waals surface area contributed by atoms with Crippen molar-refractivity contribution < 1.29 is 26.3 Å². The largest absolute Gasteiger partial charge is 0.417 e. The summed E-state index contributed by atoms with van der Waals surface area (Å²) < 4.78 is 79.5. The molecule has 0 radical (unpaired) electrons. The van der Waals surface area contributed by atoms with E-state index >= 15 is 0 Å². The van der Waals surface area contributed by atoms with Gasteiger partial charge in [0.1, 0.15) is 0 Å². The van der Waals surface area contributed by atoms with Crippen LogP contribution in [-0.4, -0.2) is 0 Å². The molecule has 0 bridgehead atoms. The first-order valence-corrected chi connectivity index (χ1v) is 7.35. The van der Waals surface area contributed by atoms with Crippen LogP contribution in [0.5, 0.6) is 0 Å². The quantitative estimate of drug-likeness (QED) is 0.426. The van der Waals surface area contributed by atoms with Crippen LogP contribution in [0.3, 0.4) is 0 Å². The highest BCUT2D eigenvalue weighted by molar-refractivity contribution is 6.05. The van der Waals surface area contributed by atoms with Gasteiger partial charge in [-0.3, -0.25) is 0 Å². The van der Waals surface area contributed by atoms with Crippen molar-refractivity contribution in [3.63, 3.8) is 0 Å². The van der Waals surface area contributed by atoms with E-state index in [0.717, 1.165) is 0 Å². The van der Waals surface area contributed by atoms with E-state index in [1.807, 2.05) is 0 Å². The third-order valence-corrected chi connectivity index (χ3v) is 4.01. The van der Waals surface area contributed by atoms with Crippen molar-refractivity contribution in [3.05, 3.63) is 59.7 Å². The summed E-state index contributed by atoms with van der Waals surface area (Å²) in [6.07, 6.45) is -10.0. The molecule has 8 heteroatoms. The first kappa shape index (κ1) is 17.9. The fraction of sp³-hybridized carbons (Fsp3) is 0.111. The van der Waals surface area contributed by atoms with Gasteiger partial charge in [-0.1, -0.05) is 30.3 Å². The molecule has 4 N–H and O–H groups in total. The van der Waals surface area contributed by atoms with E-state index in [4.69, 9.17) is 11.5 Å². The van der Waals surface area contributed by atoms with Crippen LogP contribution in [0.1, 0.15) is 11.1 Å². The molecule has 136 valence electrons. The smallest absolute Gasteiger partial charge is 0.398 e. The molecule has 0 unspecified atom stereocenters. The van der Waals surface area contributed by atoms with E-state index in [0.29, 0.717) is 16.8 Å². The van der Waals surface area contributed by atoms with Crippen LogP contribution in [-0.2, 0) is 12.4 Å². The molecule has 3 rings (SSSR count). The Labute approximate surface area is 144 Å². The first-order chi connectivity index (χ1) is 12.0. The third kappa shape index (κ3) is 3.02. The Morgan fingerprint density at radius 3 is 1.92 bits per heavy atom. The average molecular weight is 370 g/mol. The molecule has 0 heterocycles. The molecule has 3 aromatic rings. The Hall–Kier alpha value is -2.90. The zero-order valence-electron chi connectivity index (χ0n) is 13.0. The normalized spacial score (nSPS) is 12.5. The number of hydrogen-bond acceptors (Lipinski definition) is 2. The summed E-state index contributed by atoms with van der Waals surface area (Å²) in [6.45, 7) is 0. The zero-order valence-corrected chi connectivity index (χ0v) is 13.0. The number of benzene rings is 3. The van der Waals surface area contributed by atoms with Gasteiger partial charge in [0.05, 0.1) is 11.1 Å². The summed E-state index contributed by atoms with van der Waals surface area (Å²) in [5.41, 5.74) is 7.33. The van der Waals surface area contributed by atoms with Gasteiger partial charge in [-0.05, 0) is 29.0 Å². The predicted octanol–water partition coefficient (Wildman–Crippen LogP) is 5.71. The van der Waals surface area contributed by atoms with Gasteiger partial charge in [0, 0.05) is 22.5 Å². The van der Waals surface area contributed by atoms with E-state index in [1.54, 1.807) is 24.3 Å². The van der Waals surface area contributed by atoms with E-state index in [2.05, 4.69) is 0 Å². The molecule has 0 fully saturated rings. The molecule has 0 aromatic heterocycles. The van der Waals surface area contributed by atoms with E-state index < -0.39 is 34.7 Å². The molecular formula is C18H12F6N2. The fourth-order valence-electron chi connectivity index (χ4n) is 2.90. The lowest BCUT2D eigenvalue weighted by Crippen LogP contribution is -2.14. The van der Waals surface area contributed by atoms with Gasteiger partial charge in [-0.15, -0.1) is 0 Å². The lowest BCUT2D eigenvalue weighted by atomic mass is 9.90. The number of halogens is 6. The molecule has 0 saturated heterocycles. The Morgan fingerprint density at radius 2 is 1.31 bits per heavy atom. The summed E-state index contributed by atoms with van der Waals surface area (Å²) >= 11 is 0. The molecule has 0 aliphatic carbocycles. The highest BCUT2D eigenvalue weighted by Gasteiger charge is 2.40. The second-order valence-electron chi connectivity index (χ2n) is 5.73. The maximum Gasteiger partial charge on any atom is 0.417 e. The topological polar surface area (TPSA) is 52.0 Å². The highest BCUT2D eigenvalue weighted by atomic mass is 19.4. The summed E-state index contributed by atoms with van der Waals surface area (Å²) in [6, 6.07) is 10.0. The average Bonchev–Trinajstić information content (AvgIpc) is 2.53. The maximum absolute atomic E-state index is 13.6. The summed E-state index contributed by atoms with van der Waals surface area (Å²) in [4.78, 5) is 0. The Morgan fingerprint density at radius 1 is 0.654 bits per heavy atom. The van der Waals surface area contributed by atoms with Crippen molar-refractivity contribution in [1.29, 1.82) is 0 Å². The molecular weight excluding hydrogens is 358 g/mol. The number of fused-ring (bicyclic) bond motifs is 1. The van der Waals surface area contributed by atoms with Crippen molar-refractivity contribution in [2.45, 2.75) is 12.4 Å². The molecule has 26 heavy (non-hydrogen) atoms. The lowest BCUT2D eigenvalue weighted by molar-refractivity contribution is -0.142. The molecule has 0 aliphatic rings. The molecule has 2 nitrogen and oxygen atoms in total. The molecule has 0 atom stereocenters. The Kier molecular flexibility index (Phi) is 4.01. The van der Waals surface area contributed by atoms with Gasteiger partial charge in [0.15, 0.2) is 0 Å². The number of rotatable bonds is 1. The zero-order chi connectivity index (χ0) is 19.3. The second-order valence-corrected chi connectivity index (χ2v) is 5.73. The maximum atomic E-state index is 13.6. The van der Waals surface area contributed by atoms with Crippen LogP contribution >= 0.6 is 0 Å². The van der Waals surface area contributed by atoms with Gasteiger partial charge in [-0.25, -0.2) is 0 Å². The molecule has 0 spiro atoms. The molecule has 0 amide bonds. The minimum Gasteiger partial charge on any atom is -0.398 e. The van der Waals surface area contributed by atoms with Crippen molar-refractivity contribution in [2.24, 2.45) is 0 Å². The van der Waals surface area contributed by atoms with Gasteiger partial charge >= 0.3 is 12.4 Å². The summed E-state index contributed by atoms with van der Waals surface area (Å²) in [5.74, 6) is 0. The lowest BCUT2D eigenvalue weighted by Gasteiger charge is -2.20. The van der Waals surface area contributed by atoms with Crippen molar-refractivity contribution >= 4 is 22.1 Å². The van der Waals surface area contributed by atoms with Gasteiger partial charge < -0.3 is 11.5 Å². The second kappa shape index (κ2) is 5.82. The minimum atomic E-state index is -5.05. The Bertz CT molecular complexity index is 989. The summed E-state index contributed by atoms with van der Waals surface area (Å²) in [5, 5.41) is 0.952. The van der Waals surface area contributed by atoms with Crippen LogP contribution < -0.4 is 11.5 Å².